The van der Waals surface area contributed by atoms with E-state index in [0.29, 0.717) is 0 Å². The summed E-state index contributed by atoms with van der Waals surface area (Å²) in [5.41, 5.74) is 4.73. The van der Waals surface area contributed by atoms with E-state index in [-0.39, 0.29) is 4.99 Å². The van der Waals surface area contributed by atoms with Crippen LogP contribution in [0.15, 0.2) is 0 Å². The lowest BCUT2D eigenvalue weighted by molar-refractivity contribution is -0.123. The van der Waals surface area contributed by atoms with Gasteiger partial charge in [-0.1, -0.05) is 12.2 Å². The average Bonchev–Trinajstić information content (AvgIpc) is 1.96. The molecule has 1 unspecified atom stereocenters. The Kier molecular flexibility index (Phi) is 5.50. The van der Waals surface area contributed by atoms with Crippen molar-refractivity contribution >= 4 is 33.1 Å². The summed E-state index contributed by atoms with van der Waals surface area (Å²) in [6, 6.07) is -0.867. The maximum absolute atomic E-state index is 11.6. The van der Waals surface area contributed by atoms with Crippen LogP contribution >= 0.6 is 12.2 Å². The number of amides is 1. The molecular formula is C9H19N3O3S2. The molecule has 1 amide bonds. The number of nitrogens with two attached hydrogens (primary N) is 1. The Morgan fingerprint density at radius 3 is 2.24 bits per heavy atom. The van der Waals surface area contributed by atoms with Crippen LogP contribution in [0.2, 0.25) is 0 Å². The fourth-order valence-corrected chi connectivity index (χ4v) is 2.60. The lowest BCUT2D eigenvalue weighted by Crippen LogP contribution is -2.51. The molecule has 0 radical (unpaired) electrons. The summed E-state index contributed by atoms with van der Waals surface area (Å²) in [6.45, 7) is 6.88. The van der Waals surface area contributed by atoms with E-state index in [1.165, 1.54) is 6.92 Å². The molecule has 0 heterocycles. The highest BCUT2D eigenvalue weighted by atomic mass is 32.2. The normalized spacial score (nSPS) is 14.1. The third kappa shape index (κ3) is 8.06. The van der Waals surface area contributed by atoms with Crippen LogP contribution < -0.4 is 15.8 Å². The maximum atomic E-state index is 11.6. The van der Waals surface area contributed by atoms with Gasteiger partial charge in [0.05, 0.1) is 11.0 Å². The van der Waals surface area contributed by atoms with Crippen LogP contribution in [0.25, 0.3) is 0 Å². The summed E-state index contributed by atoms with van der Waals surface area (Å²) >= 11 is 4.51. The summed E-state index contributed by atoms with van der Waals surface area (Å²) in [5, 5.41) is 2.66. The summed E-state index contributed by atoms with van der Waals surface area (Å²) < 4.78 is 25.1. The zero-order chi connectivity index (χ0) is 13.9. The van der Waals surface area contributed by atoms with E-state index in [4.69, 9.17) is 5.73 Å². The topological polar surface area (TPSA) is 101 Å². The van der Waals surface area contributed by atoms with E-state index < -0.39 is 33.3 Å². The smallest absolute Gasteiger partial charge is 0.238 e. The Bertz CT molecular complexity index is 398. The molecule has 8 heteroatoms. The average molecular weight is 281 g/mol. The molecule has 4 N–H and O–H groups in total. The molecule has 0 aliphatic heterocycles. The van der Waals surface area contributed by atoms with E-state index in [2.05, 4.69) is 22.3 Å². The first-order chi connectivity index (χ1) is 7.43. The van der Waals surface area contributed by atoms with Gasteiger partial charge in [-0.2, -0.15) is 0 Å². The van der Waals surface area contributed by atoms with Crippen LogP contribution in [0.5, 0.6) is 0 Å². The molecule has 0 bridgehead atoms. The van der Waals surface area contributed by atoms with Gasteiger partial charge in [0, 0.05) is 5.54 Å². The van der Waals surface area contributed by atoms with Gasteiger partial charge in [-0.3, -0.25) is 4.79 Å². The first-order valence-electron chi connectivity index (χ1n) is 5.03. The SMILES string of the molecule is CC(NS(=O)(=O)CC(N)=S)C(=O)NC(C)(C)C. The van der Waals surface area contributed by atoms with Crippen molar-refractivity contribution in [2.75, 3.05) is 5.75 Å². The third-order valence-corrected chi connectivity index (χ3v) is 3.31. The molecule has 0 saturated heterocycles. The molecule has 17 heavy (non-hydrogen) atoms. The highest BCUT2D eigenvalue weighted by Crippen LogP contribution is 2.00. The first kappa shape index (κ1) is 16.3. The minimum absolute atomic E-state index is 0.138. The second-order valence-corrected chi connectivity index (χ2v) is 7.08. The van der Waals surface area contributed by atoms with E-state index >= 15 is 0 Å². The molecule has 0 fully saturated rings. The van der Waals surface area contributed by atoms with Crippen molar-refractivity contribution in [3.05, 3.63) is 0 Å². The highest BCUT2D eigenvalue weighted by Gasteiger charge is 2.23. The monoisotopic (exact) mass is 281 g/mol. The van der Waals surface area contributed by atoms with Crippen molar-refractivity contribution in [2.24, 2.45) is 5.73 Å². The third-order valence-electron chi connectivity index (χ3n) is 1.58. The quantitative estimate of drug-likeness (QED) is 0.590. The van der Waals surface area contributed by atoms with E-state index in [0.717, 1.165) is 0 Å². The molecule has 1 atom stereocenters. The summed E-state index contributed by atoms with van der Waals surface area (Å²) in [7, 11) is -3.66. The fourth-order valence-electron chi connectivity index (χ4n) is 1.03. The largest absolute Gasteiger partial charge is 0.392 e. The minimum Gasteiger partial charge on any atom is -0.392 e. The van der Waals surface area contributed by atoms with Gasteiger partial charge in [-0.15, -0.1) is 0 Å². The zero-order valence-corrected chi connectivity index (χ0v) is 12.0. The molecule has 0 aromatic heterocycles. The number of carbonyl (C=O) groups excluding carboxylic acids is 1. The minimum atomic E-state index is -3.66. The van der Waals surface area contributed by atoms with Crippen molar-refractivity contribution in [3.8, 4) is 0 Å². The van der Waals surface area contributed by atoms with Crippen molar-refractivity contribution in [1.29, 1.82) is 0 Å². The molecule has 0 aliphatic rings. The van der Waals surface area contributed by atoms with Gasteiger partial charge < -0.3 is 11.1 Å². The van der Waals surface area contributed by atoms with Gasteiger partial charge >= 0.3 is 0 Å². The van der Waals surface area contributed by atoms with Crippen molar-refractivity contribution in [1.82, 2.24) is 10.0 Å². The van der Waals surface area contributed by atoms with Crippen LogP contribution in [0.1, 0.15) is 27.7 Å². The van der Waals surface area contributed by atoms with Gasteiger partial charge in [0.2, 0.25) is 15.9 Å². The molecule has 0 aromatic carbocycles. The number of sulfonamides is 1. The Balaban J connectivity index is 4.50. The van der Waals surface area contributed by atoms with Crippen LogP contribution in [0.3, 0.4) is 0 Å². The molecule has 0 spiro atoms. The summed E-state index contributed by atoms with van der Waals surface area (Å²) in [4.78, 5) is 11.5. The molecule has 0 aromatic rings. The molecule has 100 valence electrons. The molecule has 0 aliphatic carbocycles. The highest BCUT2D eigenvalue weighted by molar-refractivity contribution is 7.92. The van der Waals surface area contributed by atoms with Crippen LogP contribution in [0.4, 0.5) is 0 Å². The summed E-state index contributed by atoms with van der Waals surface area (Å²) in [5.74, 6) is -0.862. The van der Waals surface area contributed by atoms with Crippen LogP contribution in [-0.4, -0.2) is 36.6 Å². The maximum Gasteiger partial charge on any atom is 0.238 e. The van der Waals surface area contributed by atoms with Crippen molar-refractivity contribution < 1.29 is 13.2 Å². The fraction of sp³-hybridized carbons (Fsp3) is 0.778. The van der Waals surface area contributed by atoms with E-state index in [1.54, 1.807) is 20.8 Å². The van der Waals surface area contributed by atoms with Gasteiger partial charge in [0.25, 0.3) is 0 Å². The van der Waals surface area contributed by atoms with Gasteiger partial charge in [-0.25, -0.2) is 13.1 Å². The number of thiocarbonyl (C=S) groups is 1. The lowest BCUT2D eigenvalue weighted by Gasteiger charge is -2.23. The Labute approximate surface area is 107 Å². The second-order valence-electron chi connectivity index (χ2n) is 4.80. The molecule has 6 nitrogen and oxygen atoms in total. The Morgan fingerprint density at radius 2 is 1.88 bits per heavy atom. The zero-order valence-electron chi connectivity index (χ0n) is 10.4. The molecule has 0 rings (SSSR count). The van der Waals surface area contributed by atoms with Crippen molar-refractivity contribution in [2.45, 2.75) is 39.3 Å². The van der Waals surface area contributed by atoms with Gasteiger partial charge in [0.15, 0.2) is 0 Å². The van der Waals surface area contributed by atoms with Crippen LogP contribution in [-0.2, 0) is 14.8 Å². The van der Waals surface area contributed by atoms with E-state index in [9.17, 15) is 13.2 Å². The molecular weight excluding hydrogens is 262 g/mol. The van der Waals surface area contributed by atoms with Gasteiger partial charge in [0.1, 0.15) is 5.75 Å². The predicted octanol–water partition coefficient (Wildman–Crippen LogP) is -0.505. The number of nitrogens with one attached hydrogen (secondary N) is 2. The Hall–Kier alpha value is -0.730. The predicted molar refractivity (Wildman–Crippen MR) is 71.1 cm³/mol. The number of hydrogen-bond donors (Lipinski definition) is 3. The van der Waals surface area contributed by atoms with Gasteiger partial charge in [-0.05, 0) is 27.7 Å². The number of hydrogen-bond acceptors (Lipinski definition) is 4. The lowest BCUT2D eigenvalue weighted by atomic mass is 10.1. The number of rotatable bonds is 5. The summed E-state index contributed by atoms with van der Waals surface area (Å²) in [6.07, 6.45) is 0. The van der Waals surface area contributed by atoms with Crippen LogP contribution in [0, 0.1) is 0 Å². The Morgan fingerprint density at radius 1 is 1.41 bits per heavy atom. The standard InChI is InChI=1S/C9H19N3O3S2/c1-6(8(13)11-9(2,3)4)12-17(14,15)5-7(10)16/h6,12H,5H2,1-4H3,(H2,10,16)(H,11,13). The molecule has 0 saturated carbocycles. The number of carbonyl (C=O) groups is 1. The second kappa shape index (κ2) is 5.74. The van der Waals surface area contributed by atoms with Crippen molar-refractivity contribution in [3.63, 3.8) is 0 Å². The first-order valence-corrected chi connectivity index (χ1v) is 7.09. The van der Waals surface area contributed by atoms with E-state index in [1.807, 2.05) is 0 Å².